The Kier molecular flexibility index (Phi) is 17.6. The number of anilines is 2. The minimum Gasteiger partial charge on any atom is -0.550 e. The van der Waals surface area contributed by atoms with Crippen molar-refractivity contribution in [1.29, 1.82) is 0 Å². The van der Waals surface area contributed by atoms with Gasteiger partial charge in [0.25, 0.3) is 0 Å². The molecule has 0 fully saturated rings. The van der Waals surface area contributed by atoms with Gasteiger partial charge in [-0.25, -0.2) is 9.97 Å². The fourth-order valence-corrected chi connectivity index (χ4v) is 0.996. The van der Waals surface area contributed by atoms with Gasteiger partial charge in [-0.3, -0.25) is 0 Å². The SMILES string of the molecule is CC(=O)[O-].CC(=O)[O-].Cc1cccnc1N.Cc1cccnc1N.[Co+2]. The quantitative estimate of drug-likeness (QED) is 0.603. The number of aryl methyl sites for hydroxylation is 2. The molecular formula is C16H22CoN4O4. The van der Waals surface area contributed by atoms with Gasteiger partial charge in [0.2, 0.25) is 0 Å². The second kappa shape index (κ2) is 16.2. The maximum Gasteiger partial charge on any atom is 2.00 e. The Morgan fingerprint density at radius 1 is 0.840 bits per heavy atom. The number of nitrogens with zero attached hydrogens (tertiary/aromatic N) is 2. The summed E-state index contributed by atoms with van der Waals surface area (Å²) in [5.74, 6) is -0.931. The monoisotopic (exact) mass is 393 g/mol. The predicted molar refractivity (Wildman–Crippen MR) is 88.1 cm³/mol. The van der Waals surface area contributed by atoms with Crippen LogP contribution >= 0.6 is 0 Å². The van der Waals surface area contributed by atoms with Crippen LogP contribution in [0.5, 0.6) is 0 Å². The molecule has 0 spiro atoms. The number of carbonyl (C=O) groups is 2. The normalized spacial score (nSPS) is 7.84. The average molecular weight is 393 g/mol. The Morgan fingerprint density at radius 2 is 1.08 bits per heavy atom. The van der Waals surface area contributed by atoms with Crippen molar-refractivity contribution in [1.82, 2.24) is 9.97 Å². The number of carboxylic acids is 2. The molecule has 0 saturated heterocycles. The van der Waals surface area contributed by atoms with Crippen LogP contribution in [0.25, 0.3) is 0 Å². The number of carbonyl (C=O) groups excluding carboxylic acids is 2. The molecule has 8 nitrogen and oxygen atoms in total. The molecule has 25 heavy (non-hydrogen) atoms. The van der Waals surface area contributed by atoms with Crippen molar-refractivity contribution in [2.75, 3.05) is 11.5 Å². The molecule has 2 aromatic rings. The van der Waals surface area contributed by atoms with E-state index < -0.39 is 11.9 Å². The van der Waals surface area contributed by atoms with Crippen LogP contribution in [0.4, 0.5) is 11.6 Å². The summed E-state index contributed by atoms with van der Waals surface area (Å²) < 4.78 is 0. The molecule has 0 amide bonds. The topological polar surface area (TPSA) is 158 Å². The van der Waals surface area contributed by atoms with E-state index in [0.717, 1.165) is 25.0 Å². The summed E-state index contributed by atoms with van der Waals surface area (Å²) in [5.41, 5.74) is 12.9. The second-order valence-electron chi connectivity index (χ2n) is 4.39. The van der Waals surface area contributed by atoms with Crippen LogP contribution in [0.2, 0.25) is 0 Å². The standard InChI is InChI=1S/2C6H8N2.2C2H4O2.Co/c2*1-5-3-2-4-8-6(5)7;2*1-2(3)4;/h2*2-4H,1H3,(H2,7,8);2*1H3,(H,3,4);/q;;;;+2/p-2. The van der Waals surface area contributed by atoms with Crippen LogP contribution in [0, 0.1) is 13.8 Å². The van der Waals surface area contributed by atoms with Crippen molar-refractivity contribution in [3.8, 4) is 0 Å². The smallest absolute Gasteiger partial charge is 0.550 e. The molecular weight excluding hydrogens is 371 g/mol. The number of hydrogen-bond acceptors (Lipinski definition) is 8. The average Bonchev–Trinajstić information content (AvgIpc) is 2.45. The van der Waals surface area contributed by atoms with Crippen molar-refractivity contribution in [3.63, 3.8) is 0 Å². The predicted octanol–water partition coefficient (Wildman–Crippen LogP) is -0.546. The van der Waals surface area contributed by atoms with Gasteiger partial charge >= 0.3 is 16.8 Å². The summed E-state index contributed by atoms with van der Waals surface area (Å²) in [4.78, 5) is 25.5. The molecule has 0 aliphatic heterocycles. The number of nitrogens with two attached hydrogens (primary N) is 2. The third-order valence-electron chi connectivity index (χ3n) is 2.10. The first-order valence-electron chi connectivity index (χ1n) is 6.77. The summed E-state index contributed by atoms with van der Waals surface area (Å²) in [5, 5.41) is 17.8. The van der Waals surface area contributed by atoms with E-state index in [1.54, 1.807) is 12.4 Å². The summed E-state index contributed by atoms with van der Waals surface area (Å²) >= 11 is 0. The van der Waals surface area contributed by atoms with Crippen molar-refractivity contribution in [3.05, 3.63) is 47.8 Å². The van der Waals surface area contributed by atoms with E-state index in [0.29, 0.717) is 11.6 Å². The first-order chi connectivity index (χ1) is 11.1. The minimum atomic E-state index is -1.08. The van der Waals surface area contributed by atoms with Crippen molar-refractivity contribution >= 4 is 23.6 Å². The molecule has 2 aromatic heterocycles. The Bertz CT molecular complexity index is 534. The van der Waals surface area contributed by atoms with Crippen LogP contribution in [0.15, 0.2) is 36.7 Å². The van der Waals surface area contributed by atoms with E-state index in [-0.39, 0.29) is 16.8 Å². The number of aliphatic carboxylic acids is 2. The summed E-state index contributed by atoms with van der Waals surface area (Å²) in [6, 6.07) is 7.60. The van der Waals surface area contributed by atoms with Gasteiger partial charge in [0.15, 0.2) is 0 Å². The zero-order valence-electron chi connectivity index (χ0n) is 14.5. The van der Waals surface area contributed by atoms with E-state index >= 15 is 0 Å². The minimum absolute atomic E-state index is 0. The zero-order valence-corrected chi connectivity index (χ0v) is 15.5. The van der Waals surface area contributed by atoms with Gasteiger partial charge in [-0.05, 0) is 51.0 Å². The van der Waals surface area contributed by atoms with Crippen LogP contribution in [-0.2, 0) is 26.4 Å². The number of nitrogen functional groups attached to an aromatic ring is 2. The third kappa shape index (κ3) is 21.3. The van der Waals surface area contributed by atoms with Crippen LogP contribution in [-0.4, -0.2) is 21.9 Å². The molecule has 0 aliphatic rings. The van der Waals surface area contributed by atoms with Crippen LogP contribution in [0.3, 0.4) is 0 Å². The molecule has 4 N–H and O–H groups in total. The number of pyridine rings is 2. The molecule has 2 rings (SSSR count). The fraction of sp³-hybridized carbons (Fsp3) is 0.250. The van der Waals surface area contributed by atoms with Crippen molar-refractivity contribution < 1.29 is 36.6 Å². The molecule has 0 aromatic carbocycles. The van der Waals surface area contributed by atoms with E-state index in [1.807, 2.05) is 38.1 Å². The Hall–Kier alpha value is -2.65. The van der Waals surface area contributed by atoms with Gasteiger partial charge in [0.05, 0.1) is 0 Å². The molecule has 9 heteroatoms. The van der Waals surface area contributed by atoms with Gasteiger partial charge in [0, 0.05) is 24.3 Å². The van der Waals surface area contributed by atoms with Gasteiger partial charge < -0.3 is 31.3 Å². The molecule has 0 aliphatic carbocycles. The van der Waals surface area contributed by atoms with E-state index in [4.69, 9.17) is 31.3 Å². The second-order valence-corrected chi connectivity index (χ2v) is 4.39. The largest absolute Gasteiger partial charge is 2.00 e. The van der Waals surface area contributed by atoms with E-state index in [1.165, 1.54) is 0 Å². The molecule has 0 unspecified atom stereocenters. The van der Waals surface area contributed by atoms with Gasteiger partial charge in [-0.15, -0.1) is 0 Å². The number of hydrogen-bond donors (Lipinski definition) is 2. The number of carboxylic acid groups (broad SMARTS) is 2. The van der Waals surface area contributed by atoms with Gasteiger partial charge in [-0.1, -0.05) is 12.1 Å². The van der Waals surface area contributed by atoms with Crippen molar-refractivity contribution in [2.24, 2.45) is 0 Å². The molecule has 2 heterocycles. The summed E-state index contributed by atoms with van der Waals surface area (Å²) in [6.07, 6.45) is 3.37. The van der Waals surface area contributed by atoms with E-state index in [2.05, 4.69) is 9.97 Å². The third-order valence-corrected chi connectivity index (χ3v) is 2.10. The fourth-order valence-electron chi connectivity index (χ4n) is 0.996. The zero-order chi connectivity index (χ0) is 19.1. The molecule has 0 saturated carbocycles. The number of aromatic nitrogens is 2. The number of rotatable bonds is 0. The van der Waals surface area contributed by atoms with Gasteiger partial charge in [0.1, 0.15) is 11.6 Å². The van der Waals surface area contributed by atoms with Crippen LogP contribution in [0.1, 0.15) is 25.0 Å². The Morgan fingerprint density at radius 3 is 1.20 bits per heavy atom. The van der Waals surface area contributed by atoms with Crippen molar-refractivity contribution in [2.45, 2.75) is 27.7 Å². The molecule has 0 bridgehead atoms. The molecule has 0 atom stereocenters. The van der Waals surface area contributed by atoms with Crippen LogP contribution < -0.4 is 21.7 Å². The first kappa shape index (κ1) is 27.2. The molecule has 139 valence electrons. The van der Waals surface area contributed by atoms with Gasteiger partial charge in [-0.2, -0.15) is 0 Å². The Balaban J connectivity index is -0.000000270. The molecule has 1 radical (unpaired) electrons. The summed E-state index contributed by atoms with van der Waals surface area (Å²) in [7, 11) is 0. The summed E-state index contributed by atoms with van der Waals surface area (Å²) in [6.45, 7) is 5.81. The maximum absolute atomic E-state index is 8.89. The Labute approximate surface area is 157 Å². The maximum atomic E-state index is 8.89. The first-order valence-corrected chi connectivity index (χ1v) is 6.77. The van der Waals surface area contributed by atoms with E-state index in [9.17, 15) is 0 Å².